The third-order valence-corrected chi connectivity index (χ3v) is 6.32. The van der Waals surface area contributed by atoms with Gasteiger partial charge in [0.1, 0.15) is 0 Å². The number of carbonyl (C=O) groups is 1. The van der Waals surface area contributed by atoms with E-state index in [4.69, 9.17) is 4.74 Å². The van der Waals surface area contributed by atoms with Gasteiger partial charge in [0.15, 0.2) is 5.96 Å². The van der Waals surface area contributed by atoms with E-state index in [0.717, 1.165) is 64.9 Å². The van der Waals surface area contributed by atoms with Crippen LogP contribution in [0.4, 0.5) is 0 Å². The van der Waals surface area contributed by atoms with Crippen molar-refractivity contribution >= 4 is 11.9 Å². The van der Waals surface area contributed by atoms with Crippen molar-refractivity contribution in [3.8, 4) is 0 Å². The van der Waals surface area contributed by atoms with Crippen molar-refractivity contribution in [2.24, 2.45) is 4.99 Å². The Bertz CT molecular complexity index is 732. The van der Waals surface area contributed by atoms with Gasteiger partial charge in [-0.1, -0.05) is 24.3 Å². The van der Waals surface area contributed by atoms with Crippen molar-refractivity contribution in [1.29, 1.82) is 0 Å². The summed E-state index contributed by atoms with van der Waals surface area (Å²) in [6.45, 7) is 8.12. The molecule has 3 heterocycles. The highest BCUT2D eigenvalue weighted by molar-refractivity contribution is 5.80. The molecule has 0 aliphatic carbocycles. The minimum Gasteiger partial charge on any atom is -0.379 e. The quantitative estimate of drug-likeness (QED) is 0.597. The fraction of sp³-hybridized carbons (Fsp3) is 0.636. The van der Waals surface area contributed by atoms with E-state index < -0.39 is 0 Å². The molecule has 1 N–H and O–H groups in total. The van der Waals surface area contributed by atoms with Gasteiger partial charge in [-0.2, -0.15) is 0 Å². The lowest BCUT2D eigenvalue weighted by molar-refractivity contribution is -0.128. The largest absolute Gasteiger partial charge is 0.379 e. The number of rotatable bonds is 5. The Kier molecular flexibility index (Phi) is 6.67. The lowest BCUT2D eigenvalue weighted by Gasteiger charge is -2.32. The number of guanidine groups is 1. The van der Waals surface area contributed by atoms with Crippen LogP contribution in [-0.2, 0) is 22.6 Å². The molecule has 3 fully saturated rings. The van der Waals surface area contributed by atoms with Crippen LogP contribution in [0.1, 0.15) is 30.4 Å². The molecule has 158 valence electrons. The van der Waals surface area contributed by atoms with E-state index in [9.17, 15) is 4.79 Å². The van der Waals surface area contributed by atoms with Crippen LogP contribution in [0.15, 0.2) is 29.3 Å². The van der Waals surface area contributed by atoms with E-state index in [1.165, 1.54) is 17.5 Å². The molecule has 4 rings (SSSR count). The second-order valence-electron chi connectivity index (χ2n) is 8.13. The molecule has 3 aliphatic rings. The van der Waals surface area contributed by atoms with Gasteiger partial charge < -0.3 is 19.9 Å². The second-order valence-corrected chi connectivity index (χ2v) is 8.13. The summed E-state index contributed by atoms with van der Waals surface area (Å²) < 4.78 is 5.49. The smallest absolute Gasteiger partial charge is 0.222 e. The number of nitrogens with one attached hydrogen (secondary N) is 1. The second kappa shape index (κ2) is 9.59. The zero-order valence-corrected chi connectivity index (χ0v) is 17.5. The number of morpholine rings is 1. The van der Waals surface area contributed by atoms with Crippen molar-refractivity contribution in [3.63, 3.8) is 0 Å². The molecule has 3 saturated heterocycles. The number of aliphatic imine (C=N–C) groups is 1. The normalized spacial score (nSPS) is 23.8. The van der Waals surface area contributed by atoms with Crippen molar-refractivity contribution in [1.82, 2.24) is 20.0 Å². The van der Waals surface area contributed by atoms with Gasteiger partial charge in [-0.15, -0.1) is 0 Å². The molecule has 0 radical (unpaired) electrons. The van der Waals surface area contributed by atoms with Gasteiger partial charge in [0.2, 0.25) is 5.91 Å². The number of ether oxygens (including phenoxy) is 1. The first-order valence-corrected chi connectivity index (χ1v) is 10.9. The molecule has 1 aromatic carbocycles. The molecule has 0 aromatic heterocycles. The maximum absolute atomic E-state index is 12.0. The topological polar surface area (TPSA) is 60.4 Å². The van der Waals surface area contributed by atoms with Crippen LogP contribution in [0, 0.1) is 0 Å². The highest BCUT2D eigenvalue weighted by Gasteiger charge is 2.30. The highest BCUT2D eigenvalue weighted by Crippen LogP contribution is 2.19. The van der Waals surface area contributed by atoms with E-state index in [2.05, 4.69) is 44.4 Å². The maximum Gasteiger partial charge on any atom is 0.222 e. The van der Waals surface area contributed by atoms with Crippen molar-refractivity contribution in [3.05, 3.63) is 35.4 Å². The number of nitrogens with zero attached hydrogens (tertiary/aromatic N) is 4. The Balaban J connectivity index is 1.34. The SMILES string of the molecule is CN=C(NCc1ccccc1CN1CCCC1=O)N1CCC(N2CCOCC2)C1. The maximum atomic E-state index is 12.0. The van der Waals surface area contributed by atoms with E-state index in [1.807, 2.05) is 11.9 Å². The first kappa shape index (κ1) is 20.2. The zero-order chi connectivity index (χ0) is 20.1. The highest BCUT2D eigenvalue weighted by atomic mass is 16.5. The molecule has 7 nitrogen and oxygen atoms in total. The molecular formula is C22H33N5O2. The van der Waals surface area contributed by atoms with E-state index in [0.29, 0.717) is 19.0 Å². The van der Waals surface area contributed by atoms with Crippen molar-refractivity contribution < 1.29 is 9.53 Å². The van der Waals surface area contributed by atoms with Gasteiger partial charge in [-0.3, -0.25) is 14.7 Å². The Morgan fingerprint density at radius 3 is 2.69 bits per heavy atom. The molecule has 1 amide bonds. The van der Waals surface area contributed by atoms with E-state index in [1.54, 1.807) is 0 Å². The van der Waals surface area contributed by atoms with Gasteiger partial charge in [0, 0.05) is 65.3 Å². The Morgan fingerprint density at radius 1 is 1.17 bits per heavy atom. The third-order valence-electron chi connectivity index (χ3n) is 6.32. The Hall–Kier alpha value is -2.12. The lowest BCUT2D eigenvalue weighted by Crippen LogP contribution is -2.46. The molecule has 3 aliphatic heterocycles. The summed E-state index contributed by atoms with van der Waals surface area (Å²) in [5, 5.41) is 3.56. The molecule has 0 bridgehead atoms. The summed E-state index contributed by atoms with van der Waals surface area (Å²) in [7, 11) is 1.86. The predicted molar refractivity (Wildman–Crippen MR) is 114 cm³/mol. The Morgan fingerprint density at radius 2 is 1.97 bits per heavy atom. The average molecular weight is 400 g/mol. The first-order valence-electron chi connectivity index (χ1n) is 10.9. The monoisotopic (exact) mass is 399 g/mol. The summed E-state index contributed by atoms with van der Waals surface area (Å²) in [6, 6.07) is 9.00. The molecule has 1 atom stereocenters. The fourth-order valence-electron chi connectivity index (χ4n) is 4.64. The van der Waals surface area contributed by atoms with Gasteiger partial charge >= 0.3 is 0 Å². The number of benzene rings is 1. The molecule has 0 saturated carbocycles. The molecule has 0 spiro atoms. The number of hydrogen-bond donors (Lipinski definition) is 1. The van der Waals surface area contributed by atoms with Crippen LogP contribution in [0.3, 0.4) is 0 Å². The lowest BCUT2D eigenvalue weighted by atomic mass is 10.1. The van der Waals surface area contributed by atoms with E-state index >= 15 is 0 Å². The summed E-state index contributed by atoms with van der Waals surface area (Å²) in [5.41, 5.74) is 2.45. The van der Waals surface area contributed by atoms with Crippen LogP contribution < -0.4 is 5.32 Å². The minimum absolute atomic E-state index is 0.273. The van der Waals surface area contributed by atoms with Gasteiger partial charge in [0.25, 0.3) is 0 Å². The van der Waals surface area contributed by atoms with Gasteiger partial charge in [-0.05, 0) is 24.0 Å². The van der Waals surface area contributed by atoms with Crippen LogP contribution in [0.5, 0.6) is 0 Å². The average Bonchev–Trinajstić information content (AvgIpc) is 3.40. The summed E-state index contributed by atoms with van der Waals surface area (Å²) in [5.74, 6) is 1.24. The van der Waals surface area contributed by atoms with E-state index in [-0.39, 0.29) is 5.91 Å². The summed E-state index contributed by atoms with van der Waals surface area (Å²) in [6.07, 6.45) is 2.84. The van der Waals surface area contributed by atoms with Crippen LogP contribution in [-0.4, -0.2) is 85.6 Å². The van der Waals surface area contributed by atoms with Crippen LogP contribution >= 0.6 is 0 Å². The fourth-order valence-corrected chi connectivity index (χ4v) is 4.64. The summed E-state index contributed by atoms with van der Waals surface area (Å²) in [4.78, 5) is 23.4. The van der Waals surface area contributed by atoms with Gasteiger partial charge in [-0.25, -0.2) is 0 Å². The van der Waals surface area contributed by atoms with Crippen molar-refractivity contribution in [2.75, 3.05) is 53.0 Å². The third kappa shape index (κ3) is 4.90. The van der Waals surface area contributed by atoms with Crippen LogP contribution in [0.2, 0.25) is 0 Å². The Labute approximate surface area is 173 Å². The summed E-state index contributed by atoms with van der Waals surface area (Å²) >= 11 is 0. The number of likely N-dealkylation sites (tertiary alicyclic amines) is 2. The molecular weight excluding hydrogens is 366 g/mol. The number of carbonyl (C=O) groups excluding carboxylic acids is 1. The van der Waals surface area contributed by atoms with Gasteiger partial charge in [0.05, 0.1) is 13.2 Å². The number of amides is 1. The number of hydrogen-bond acceptors (Lipinski definition) is 4. The predicted octanol–water partition coefficient (Wildman–Crippen LogP) is 1.29. The molecule has 1 aromatic rings. The zero-order valence-electron chi connectivity index (χ0n) is 17.5. The standard InChI is InChI=1S/C22H33N5O2/c1-23-22(27-10-8-20(17-27)25-11-13-29-14-12-25)24-15-18-5-2-3-6-19(18)16-26-9-4-7-21(26)28/h2-3,5-6,20H,4,7-17H2,1H3,(H,23,24). The minimum atomic E-state index is 0.273. The molecule has 1 unspecified atom stereocenters. The van der Waals surface area contributed by atoms with Crippen molar-refractivity contribution in [2.45, 2.75) is 38.4 Å². The molecule has 29 heavy (non-hydrogen) atoms. The first-order chi connectivity index (χ1) is 14.2. The molecule has 7 heteroatoms. The van der Waals surface area contributed by atoms with Crippen LogP contribution in [0.25, 0.3) is 0 Å².